The van der Waals surface area contributed by atoms with Crippen LogP contribution in [0, 0.1) is 0 Å². The van der Waals surface area contributed by atoms with E-state index in [1.165, 1.54) is 102 Å². The summed E-state index contributed by atoms with van der Waals surface area (Å²) in [5.74, 6) is 1.99. The largest absolute Gasteiger partial charge is 0.332 e. The van der Waals surface area contributed by atoms with Gasteiger partial charge < -0.3 is 4.57 Å². The lowest BCUT2D eigenvalue weighted by Crippen LogP contribution is -2.12. The summed E-state index contributed by atoms with van der Waals surface area (Å²) in [6.07, 6.45) is 24.7. The Bertz CT molecular complexity index is 424. The van der Waals surface area contributed by atoms with Crippen molar-refractivity contribution < 1.29 is 0 Å². The molecule has 2 unspecified atom stereocenters. The van der Waals surface area contributed by atoms with E-state index in [0.29, 0.717) is 12.0 Å². The molecule has 0 N–H and O–H groups in total. The molecule has 26 heavy (non-hydrogen) atoms. The molecule has 1 rings (SSSR count). The van der Waals surface area contributed by atoms with Crippen LogP contribution in [0.2, 0.25) is 0 Å². The second-order valence-electron chi connectivity index (χ2n) is 8.26. The van der Waals surface area contributed by atoms with Gasteiger partial charge in [0.05, 0.1) is 0 Å². The number of imidazole rings is 1. The highest BCUT2D eigenvalue weighted by Crippen LogP contribution is 2.28. The molecule has 0 aliphatic rings. The summed E-state index contributed by atoms with van der Waals surface area (Å²) in [6, 6.07) is 0.594. The van der Waals surface area contributed by atoms with Gasteiger partial charge in [0.15, 0.2) is 0 Å². The Morgan fingerprint density at radius 1 is 0.769 bits per heavy atom. The monoisotopic (exact) mass is 362 g/mol. The third-order valence-corrected chi connectivity index (χ3v) is 5.91. The Labute approximate surface area is 164 Å². The molecule has 0 saturated carbocycles. The van der Waals surface area contributed by atoms with Gasteiger partial charge >= 0.3 is 0 Å². The van der Waals surface area contributed by atoms with E-state index >= 15 is 0 Å². The first-order valence-electron chi connectivity index (χ1n) is 11.8. The van der Waals surface area contributed by atoms with Crippen molar-refractivity contribution >= 4 is 0 Å². The topological polar surface area (TPSA) is 17.8 Å². The van der Waals surface area contributed by atoms with Gasteiger partial charge in [0, 0.05) is 24.4 Å². The summed E-state index contributed by atoms with van der Waals surface area (Å²) in [4.78, 5) is 4.76. The van der Waals surface area contributed by atoms with E-state index in [1.807, 2.05) is 6.20 Å². The maximum absolute atomic E-state index is 4.76. The summed E-state index contributed by atoms with van der Waals surface area (Å²) in [5.41, 5.74) is 0. The van der Waals surface area contributed by atoms with Gasteiger partial charge in [-0.05, 0) is 26.2 Å². The predicted octanol–water partition coefficient (Wildman–Crippen LogP) is 8.44. The molecule has 0 aliphatic heterocycles. The zero-order valence-corrected chi connectivity index (χ0v) is 18.3. The fourth-order valence-corrected chi connectivity index (χ4v) is 4.06. The van der Waals surface area contributed by atoms with Gasteiger partial charge in [-0.3, -0.25) is 0 Å². The van der Waals surface area contributed by atoms with Crippen molar-refractivity contribution in [3.63, 3.8) is 0 Å². The third kappa shape index (κ3) is 9.24. The minimum absolute atomic E-state index is 0.594. The van der Waals surface area contributed by atoms with E-state index in [4.69, 9.17) is 4.98 Å². The lowest BCUT2D eigenvalue weighted by Gasteiger charge is -2.21. The van der Waals surface area contributed by atoms with Crippen LogP contribution in [0.25, 0.3) is 0 Å². The molecular formula is C24H46N2. The van der Waals surface area contributed by atoms with E-state index in [-0.39, 0.29) is 0 Å². The molecule has 1 aromatic heterocycles. The Kier molecular flexibility index (Phi) is 13.7. The van der Waals surface area contributed by atoms with Crippen molar-refractivity contribution in [1.29, 1.82) is 0 Å². The van der Waals surface area contributed by atoms with Gasteiger partial charge in [-0.25, -0.2) is 4.98 Å². The Morgan fingerprint density at radius 2 is 1.31 bits per heavy atom. The van der Waals surface area contributed by atoms with E-state index in [2.05, 4.69) is 38.5 Å². The number of rotatable bonds is 17. The van der Waals surface area contributed by atoms with Crippen LogP contribution in [0.3, 0.4) is 0 Å². The van der Waals surface area contributed by atoms with Crippen LogP contribution in [-0.2, 0) is 0 Å². The predicted molar refractivity (Wildman–Crippen MR) is 116 cm³/mol. The number of nitrogens with zero attached hydrogens (tertiary/aromatic N) is 2. The molecule has 152 valence electrons. The maximum atomic E-state index is 4.76. The molecule has 0 spiro atoms. The Balaban J connectivity index is 2.34. The SMILES string of the molecule is CCCCCCCCCCC(CC)c1nccn1C(C)CCCCCC. The smallest absolute Gasteiger partial charge is 0.111 e. The molecular weight excluding hydrogens is 316 g/mol. The molecule has 0 radical (unpaired) electrons. The zero-order valence-electron chi connectivity index (χ0n) is 18.3. The molecule has 0 saturated heterocycles. The van der Waals surface area contributed by atoms with Crippen LogP contribution >= 0.6 is 0 Å². The van der Waals surface area contributed by atoms with E-state index < -0.39 is 0 Å². The van der Waals surface area contributed by atoms with Crippen molar-refractivity contribution in [3.8, 4) is 0 Å². The van der Waals surface area contributed by atoms with Gasteiger partial charge in [-0.15, -0.1) is 0 Å². The molecule has 0 bridgehead atoms. The minimum atomic E-state index is 0.594. The summed E-state index contributed by atoms with van der Waals surface area (Å²) in [6.45, 7) is 9.29. The van der Waals surface area contributed by atoms with Crippen molar-refractivity contribution in [1.82, 2.24) is 9.55 Å². The number of hydrogen-bond acceptors (Lipinski definition) is 1. The highest BCUT2D eigenvalue weighted by Gasteiger charge is 2.17. The van der Waals surface area contributed by atoms with Gasteiger partial charge in [0.25, 0.3) is 0 Å². The quantitative estimate of drug-likeness (QED) is 0.254. The first kappa shape index (κ1) is 23.2. The minimum Gasteiger partial charge on any atom is -0.332 e. The maximum Gasteiger partial charge on any atom is 0.111 e. The third-order valence-electron chi connectivity index (χ3n) is 5.91. The number of hydrogen-bond donors (Lipinski definition) is 0. The van der Waals surface area contributed by atoms with Crippen LogP contribution in [0.1, 0.15) is 142 Å². The van der Waals surface area contributed by atoms with Gasteiger partial charge in [0.2, 0.25) is 0 Å². The zero-order chi connectivity index (χ0) is 19.0. The molecule has 0 amide bonds. The molecule has 1 aromatic rings. The Morgan fingerprint density at radius 3 is 1.92 bits per heavy atom. The van der Waals surface area contributed by atoms with E-state index in [0.717, 1.165) is 0 Å². The fraction of sp³-hybridized carbons (Fsp3) is 0.875. The second kappa shape index (κ2) is 15.3. The molecule has 0 fully saturated rings. The standard InChI is InChI=1S/C24H46N2/c1-5-8-10-12-13-14-15-17-19-23(7-3)24-25-20-21-26(24)22(4)18-16-11-9-6-2/h20-23H,5-19H2,1-4H3. The number of aromatic nitrogens is 2. The first-order chi connectivity index (χ1) is 12.7. The first-order valence-corrected chi connectivity index (χ1v) is 11.8. The van der Waals surface area contributed by atoms with Gasteiger partial charge in [-0.1, -0.05) is 97.8 Å². The summed E-state index contributed by atoms with van der Waals surface area (Å²) < 4.78 is 2.48. The van der Waals surface area contributed by atoms with E-state index in [1.54, 1.807) is 0 Å². The number of unbranched alkanes of at least 4 members (excludes halogenated alkanes) is 10. The van der Waals surface area contributed by atoms with Crippen molar-refractivity contribution in [3.05, 3.63) is 18.2 Å². The second-order valence-corrected chi connectivity index (χ2v) is 8.26. The molecule has 1 heterocycles. The molecule has 2 atom stereocenters. The fourth-order valence-electron chi connectivity index (χ4n) is 4.06. The normalized spacial score (nSPS) is 13.8. The van der Waals surface area contributed by atoms with Crippen LogP contribution in [0.5, 0.6) is 0 Å². The average molecular weight is 363 g/mol. The van der Waals surface area contributed by atoms with Gasteiger partial charge in [0.1, 0.15) is 5.82 Å². The Hall–Kier alpha value is -0.790. The molecule has 2 heteroatoms. The van der Waals surface area contributed by atoms with Gasteiger partial charge in [-0.2, -0.15) is 0 Å². The molecule has 0 aromatic carbocycles. The van der Waals surface area contributed by atoms with Crippen molar-refractivity contribution in [2.75, 3.05) is 0 Å². The summed E-state index contributed by atoms with van der Waals surface area (Å²) >= 11 is 0. The average Bonchev–Trinajstić information content (AvgIpc) is 3.13. The highest BCUT2D eigenvalue weighted by atomic mass is 15.1. The molecule has 0 aliphatic carbocycles. The summed E-state index contributed by atoms with van der Waals surface area (Å²) in [7, 11) is 0. The lowest BCUT2D eigenvalue weighted by atomic mass is 9.96. The van der Waals surface area contributed by atoms with Crippen LogP contribution in [0.15, 0.2) is 12.4 Å². The van der Waals surface area contributed by atoms with E-state index in [9.17, 15) is 0 Å². The highest BCUT2D eigenvalue weighted by molar-refractivity contribution is 5.02. The lowest BCUT2D eigenvalue weighted by molar-refractivity contribution is 0.427. The van der Waals surface area contributed by atoms with Crippen LogP contribution in [0.4, 0.5) is 0 Å². The van der Waals surface area contributed by atoms with Crippen molar-refractivity contribution in [2.45, 2.75) is 136 Å². The van der Waals surface area contributed by atoms with Crippen LogP contribution < -0.4 is 0 Å². The summed E-state index contributed by atoms with van der Waals surface area (Å²) in [5, 5.41) is 0. The van der Waals surface area contributed by atoms with Crippen LogP contribution in [-0.4, -0.2) is 9.55 Å². The van der Waals surface area contributed by atoms with Crippen molar-refractivity contribution in [2.24, 2.45) is 0 Å². The molecule has 2 nitrogen and oxygen atoms in total.